The Morgan fingerprint density at radius 1 is 1.35 bits per heavy atom. The van der Waals surface area contributed by atoms with Crippen molar-refractivity contribution in [2.75, 3.05) is 4.90 Å². The number of carbonyl (C=O) groups excluding carboxylic acids is 2. The first-order valence-electron chi connectivity index (χ1n) is 5.68. The fourth-order valence-corrected chi connectivity index (χ4v) is 3.22. The number of rotatable bonds is 1. The highest BCUT2D eigenvalue weighted by Gasteiger charge is 2.55. The standard InChI is InChI=1S/C12H10N4O3S/c13-15-11-14-10(19)12(20-11)6-5-9(18)16(12)7-3-1-2-4-8(7)17/h1-6,17H,13H2,(H,14,15,19). The lowest BCUT2D eigenvalue weighted by molar-refractivity contribution is -0.122. The summed E-state index contributed by atoms with van der Waals surface area (Å²) in [4.78, 5) is 24.2. The van der Waals surface area contributed by atoms with E-state index in [-0.39, 0.29) is 16.6 Å². The molecule has 2 aliphatic rings. The van der Waals surface area contributed by atoms with Crippen LogP contribution < -0.4 is 16.1 Å². The predicted octanol–water partition coefficient (Wildman–Crippen LogP) is 0.0840. The molecule has 1 aromatic carbocycles. The van der Waals surface area contributed by atoms with Crippen LogP contribution in [0.25, 0.3) is 0 Å². The lowest BCUT2D eigenvalue weighted by Crippen LogP contribution is -2.50. The second-order valence-corrected chi connectivity index (χ2v) is 5.40. The molecular weight excluding hydrogens is 280 g/mol. The number of amides is 2. The molecule has 8 heteroatoms. The van der Waals surface area contributed by atoms with Crippen LogP contribution in [0.2, 0.25) is 0 Å². The number of para-hydroxylation sites is 2. The average Bonchev–Trinajstić information content (AvgIpc) is 2.93. The minimum atomic E-state index is -1.30. The third-order valence-electron chi connectivity index (χ3n) is 3.04. The minimum absolute atomic E-state index is 0.0875. The van der Waals surface area contributed by atoms with E-state index in [0.29, 0.717) is 0 Å². The molecule has 0 bridgehead atoms. The Labute approximate surface area is 118 Å². The molecule has 0 aliphatic carbocycles. The highest BCUT2D eigenvalue weighted by molar-refractivity contribution is 8.16. The molecule has 0 aromatic heterocycles. The summed E-state index contributed by atoms with van der Waals surface area (Å²) in [5.41, 5.74) is 0.253. The Morgan fingerprint density at radius 2 is 2.10 bits per heavy atom. The summed E-state index contributed by atoms with van der Waals surface area (Å²) in [7, 11) is 0. The first-order valence-corrected chi connectivity index (χ1v) is 6.50. The Bertz CT molecular complexity index is 672. The monoisotopic (exact) mass is 290 g/mol. The number of hydrogen-bond acceptors (Lipinski definition) is 6. The van der Waals surface area contributed by atoms with Gasteiger partial charge in [0.1, 0.15) is 5.75 Å². The molecule has 1 saturated heterocycles. The highest BCUT2D eigenvalue weighted by atomic mass is 32.2. The van der Waals surface area contributed by atoms with Gasteiger partial charge < -0.3 is 16.3 Å². The van der Waals surface area contributed by atoms with Crippen LogP contribution in [0.5, 0.6) is 5.75 Å². The molecule has 1 aromatic rings. The number of nitrogens with two attached hydrogens (primary N) is 1. The molecule has 7 nitrogen and oxygen atoms in total. The van der Waals surface area contributed by atoms with Gasteiger partial charge in [-0.25, -0.2) is 0 Å². The molecule has 1 unspecified atom stereocenters. The number of carbonyl (C=O) groups is 2. The first kappa shape index (κ1) is 12.5. The quantitative estimate of drug-likeness (QED) is 0.501. The number of hydrazone groups is 1. The molecule has 2 heterocycles. The maximum absolute atomic E-state index is 12.2. The molecule has 3 rings (SSSR count). The molecule has 1 fully saturated rings. The van der Waals surface area contributed by atoms with Gasteiger partial charge in [-0.2, -0.15) is 5.10 Å². The summed E-state index contributed by atoms with van der Waals surface area (Å²) in [5.74, 6) is 4.25. The van der Waals surface area contributed by atoms with Crippen LogP contribution in [0.3, 0.4) is 0 Å². The molecule has 20 heavy (non-hydrogen) atoms. The van der Waals surface area contributed by atoms with E-state index in [1.165, 1.54) is 23.1 Å². The van der Waals surface area contributed by atoms with Crippen molar-refractivity contribution in [3.8, 4) is 5.75 Å². The maximum Gasteiger partial charge on any atom is 0.267 e. The zero-order valence-corrected chi connectivity index (χ0v) is 10.9. The molecule has 1 atom stereocenters. The lowest BCUT2D eigenvalue weighted by atomic mass is 10.2. The normalized spacial score (nSPS) is 26.8. The van der Waals surface area contributed by atoms with E-state index in [0.717, 1.165) is 11.8 Å². The van der Waals surface area contributed by atoms with Crippen molar-refractivity contribution in [1.29, 1.82) is 0 Å². The van der Waals surface area contributed by atoms with E-state index >= 15 is 0 Å². The summed E-state index contributed by atoms with van der Waals surface area (Å²) in [5, 5.41) is 16.1. The molecular formula is C12H10N4O3S. The number of benzene rings is 1. The summed E-state index contributed by atoms with van der Waals surface area (Å²) in [6.45, 7) is 0. The largest absolute Gasteiger partial charge is 0.506 e. The van der Waals surface area contributed by atoms with Crippen molar-refractivity contribution in [2.24, 2.45) is 10.9 Å². The van der Waals surface area contributed by atoms with Gasteiger partial charge in [-0.1, -0.05) is 12.1 Å². The number of nitrogens with zero attached hydrogens (tertiary/aromatic N) is 2. The van der Waals surface area contributed by atoms with Gasteiger partial charge in [0.15, 0.2) is 10.0 Å². The van der Waals surface area contributed by atoms with E-state index in [1.807, 2.05) is 0 Å². The van der Waals surface area contributed by atoms with E-state index in [2.05, 4.69) is 10.4 Å². The Hall–Kier alpha value is -2.48. The minimum Gasteiger partial charge on any atom is -0.506 e. The van der Waals surface area contributed by atoms with E-state index in [9.17, 15) is 14.7 Å². The number of aromatic hydroxyl groups is 1. The lowest BCUT2D eigenvalue weighted by Gasteiger charge is -2.30. The van der Waals surface area contributed by atoms with Crippen LogP contribution in [0.15, 0.2) is 41.5 Å². The highest BCUT2D eigenvalue weighted by Crippen LogP contribution is 2.45. The number of phenols is 1. The molecule has 2 aliphatic heterocycles. The molecule has 2 amide bonds. The second-order valence-electron chi connectivity index (χ2n) is 4.18. The van der Waals surface area contributed by atoms with Crippen LogP contribution in [-0.4, -0.2) is 27.0 Å². The van der Waals surface area contributed by atoms with Gasteiger partial charge in [0.05, 0.1) is 5.69 Å². The van der Waals surface area contributed by atoms with Gasteiger partial charge >= 0.3 is 0 Å². The van der Waals surface area contributed by atoms with Crippen LogP contribution in [-0.2, 0) is 9.59 Å². The van der Waals surface area contributed by atoms with Crippen molar-refractivity contribution in [3.05, 3.63) is 36.4 Å². The van der Waals surface area contributed by atoms with E-state index in [1.54, 1.807) is 18.2 Å². The first-order chi connectivity index (χ1) is 9.58. The van der Waals surface area contributed by atoms with Crippen LogP contribution in [0, 0.1) is 0 Å². The Balaban J connectivity index is 2.13. The van der Waals surface area contributed by atoms with Gasteiger partial charge in [-0.05, 0) is 30.0 Å². The van der Waals surface area contributed by atoms with E-state index < -0.39 is 16.7 Å². The van der Waals surface area contributed by atoms with Gasteiger partial charge in [0.2, 0.25) is 0 Å². The zero-order valence-electron chi connectivity index (χ0n) is 10.1. The van der Waals surface area contributed by atoms with Crippen LogP contribution in [0.1, 0.15) is 0 Å². The SMILES string of the molecule is NN=C1NC(=O)C2(C=CC(=O)N2c2ccccc2O)S1. The van der Waals surface area contributed by atoms with Crippen molar-refractivity contribution >= 4 is 34.4 Å². The molecule has 4 N–H and O–H groups in total. The third-order valence-corrected chi connectivity index (χ3v) is 4.26. The number of nitrogens with one attached hydrogen (secondary N) is 1. The molecule has 102 valence electrons. The van der Waals surface area contributed by atoms with Crippen molar-refractivity contribution in [2.45, 2.75) is 4.87 Å². The maximum atomic E-state index is 12.2. The number of amidine groups is 1. The van der Waals surface area contributed by atoms with Gasteiger partial charge in [0.25, 0.3) is 11.8 Å². The fraction of sp³-hybridized carbons (Fsp3) is 0.0833. The van der Waals surface area contributed by atoms with Gasteiger partial charge in [0, 0.05) is 6.08 Å². The molecule has 0 radical (unpaired) electrons. The van der Waals surface area contributed by atoms with Gasteiger partial charge in [-0.3, -0.25) is 14.5 Å². The smallest absolute Gasteiger partial charge is 0.267 e. The number of phenolic OH excluding ortho intramolecular Hbond substituents is 1. The Kier molecular flexibility index (Phi) is 2.68. The summed E-state index contributed by atoms with van der Waals surface area (Å²) < 4.78 is 0. The summed E-state index contributed by atoms with van der Waals surface area (Å²) >= 11 is 1.02. The number of thioether (sulfide) groups is 1. The van der Waals surface area contributed by atoms with Gasteiger partial charge in [-0.15, -0.1) is 0 Å². The van der Waals surface area contributed by atoms with Crippen molar-refractivity contribution < 1.29 is 14.7 Å². The third kappa shape index (κ3) is 1.58. The van der Waals surface area contributed by atoms with Crippen molar-refractivity contribution in [1.82, 2.24) is 5.32 Å². The zero-order chi connectivity index (χ0) is 14.3. The number of anilines is 1. The Morgan fingerprint density at radius 3 is 2.75 bits per heavy atom. The van der Waals surface area contributed by atoms with Crippen LogP contribution in [0.4, 0.5) is 5.69 Å². The van der Waals surface area contributed by atoms with E-state index in [4.69, 9.17) is 5.84 Å². The molecule has 0 saturated carbocycles. The topological polar surface area (TPSA) is 108 Å². The van der Waals surface area contributed by atoms with Crippen LogP contribution >= 0.6 is 11.8 Å². The average molecular weight is 290 g/mol. The predicted molar refractivity (Wildman–Crippen MR) is 74.8 cm³/mol. The summed E-state index contributed by atoms with van der Waals surface area (Å²) in [6.07, 6.45) is 2.76. The molecule has 1 spiro atoms. The number of hydrogen-bond donors (Lipinski definition) is 3. The fourth-order valence-electron chi connectivity index (χ4n) is 2.17. The summed E-state index contributed by atoms with van der Waals surface area (Å²) in [6, 6.07) is 6.31. The van der Waals surface area contributed by atoms with Crippen molar-refractivity contribution in [3.63, 3.8) is 0 Å². The second kappa shape index (κ2) is 4.27.